The Balaban J connectivity index is 0.000000230. The summed E-state index contributed by atoms with van der Waals surface area (Å²) in [7, 11) is 0. The van der Waals surface area contributed by atoms with Gasteiger partial charge in [0.25, 0.3) is 0 Å². The largest absolute Gasteiger partial charge is 0.492 e. The van der Waals surface area contributed by atoms with Crippen molar-refractivity contribution >= 4 is 6.41 Å². The van der Waals surface area contributed by atoms with Crippen molar-refractivity contribution in [3.63, 3.8) is 0 Å². The second-order valence-corrected chi connectivity index (χ2v) is 11.9. The maximum Gasteiger partial charge on any atom is 0.204 e. The summed E-state index contributed by atoms with van der Waals surface area (Å²) in [6, 6.07) is 15.1. The van der Waals surface area contributed by atoms with E-state index in [4.69, 9.17) is 19.3 Å². The summed E-state index contributed by atoms with van der Waals surface area (Å²) < 4.78 is 25.0. The Hall–Kier alpha value is -3.91. The van der Waals surface area contributed by atoms with Gasteiger partial charge in [-0.25, -0.2) is 9.37 Å². The van der Waals surface area contributed by atoms with Gasteiger partial charge in [-0.3, -0.25) is 9.69 Å². The van der Waals surface area contributed by atoms with Crippen LogP contribution in [0, 0.1) is 12.7 Å². The molecule has 8 heteroatoms. The number of piperidine rings is 1. The minimum absolute atomic E-state index is 0.244. The molecule has 3 heterocycles. The number of pyridine rings is 1. The van der Waals surface area contributed by atoms with Gasteiger partial charge in [-0.15, -0.1) is 0 Å². The number of likely N-dealkylation sites (tertiary alicyclic amines) is 1. The summed E-state index contributed by atoms with van der Waals surface area (Å²) in [4.78, 5) is 15.9. The average molecular weight is 619 g/mol. The monoisotopic (exact) mass is 618 g/mol. The van der Waals surface area contributed by atoms with Crippen LogP contribution in [0.2, 0.25) is 0 Å². The van der Waals surface area contributed by atoms with Crippen LogP contribution in [0.4, 0.5) is 4.39 Å². The van der Waals surface area contributed by atoms with E-state index >= 15 is 0 Å². The molecule has 1 fully saturated rings. The number of ether oxygens (including phenoxy) is 2. The van der Waals surface area contributed by atoms with Crippen LogP contribution < -0.4 is 20.5 Å². The van der Waals surface area contributed by atoms with E-state index in [0.29, 0.717) is 18.4 Å². The lowest BCUT2D eigenvalue weighted by atomic mass is 9.99. The molecular weight excluding hydrogens is 567 g/mol. The average Bonchev–Trinajstić information content (AvgIpc) is 3.41. The number of carbonyl (C=O) groups excluding carboxylic acids is 1. The van der Waals surface area contributed by atoms with Crippen LogP contribution in [-0.2, 0) is 11.2 Å². The third-order valence-electron chi connectivity index (χ3n) is 7.89. The third-order valence-corrected chi connectivity index (χ3v) is 7.89. The molecule has 1 saturated heterocycles. The quantitative estimate of drug-likeness (QED) is 0.186. The lowest BCUT2D eigenvalue weighted by molar-refractivity contribution is -0.106. The van der Waals surface area contributed by atoms with E-state index in [1.165, 1.54) is 61.2 Å². The van der Waals surface area contributed by atoms with Crippen LogP contribution in [0.1, 0.15) is 81.2 Å². The Labute approximate surface area is 269 Å². The summed E-state index contributed by atoms with van der Waals surface area (Å²) in [5.41, 5.74) is 10.7. The van der Waals surface area contributed by atoms with Gasteiger partial charge in [-0.05, 0) is 93.9 Å². The highest BCUT2D eigenvalue weighted by atomic mass is 19.1. The highest BCUT2D eigenvalue weighted by Crippen LogP contribution is 2.41. The first-order valence-electron chi connectivity index (χ1n) is 16.2. The SMILES string of the molecule is CC=CNCCc1cc2c(c(-c3ccc(F)cc3)n1)OCC2C.Cc1ccc(OCCN2CCCCC2)c(C(C)C)c1.NC=O. The van der Waals surface area contributed by atoms with Gasteiger partial charge in [0.15, 0.2) is 0 Å². The Morgan fingerprint density at radius 1 is 1.13 bits per heavy atom. The molecule has 1 aromatic heterocycles. The number of benzene rings is 2. The third kappa shape index (κ3) is 11.2. The number of rotatable bonds is 10. The van der Waals surface area contributed by atoms with Crippen LogP contribution >= 0.6 is 0 Å². The fraction of sp³-hybridized carbons (Fsp3) is 0.459. The van der Waals surface area contributed by atoms with Gasteiger partial charge in [0.05, 0.1) is 6.61 Å². The molecule has 2 aliphatic rings. The topological polar surface area (TPSA) is 89.7 Å². The van der Waals surface area contributed by atoms with Crippen molar-refractivity contribution in [2.24, 2.45) is 5.73 Å². The number of hydrogen-bond acceptors (Lipinski definition) is 6. The fourth-order valence-corrected chi connectivity index (χ4v) is 5.48. The minimum Gasteiger partial charge on any atom is -0.492 e. The lowest BCUT2D eigenvalue weighted by Gasteiger charge is -2.26. The molecule has 2 aromatic carbocycles. The zero-order valence-electron chi connectivity index (χ0n) is 27.7. The first-order chi connectivity index (χ1) is 21.8. The lowest BCUT2D eigenvalue weighted by Crippen LogP contribution is -2.33. The maximum absolute atomic E-state index is 13.2. The van der Waals surface area contributed by atoms with Crippen LogP contribution in [0.3, 0.4) is 0 Å². The second kappa shape index (κ2) is 18.8. The normalized spacial score (nSPS) is 15.8. The Morgan fingerprint density at radius 3 is 2.51 bits per heavy atom. The van der Waals surface area contributed by atoms with Gasteiger partial charge in [0, 0.05) is 42.2 Å². The first-order valence-corrected chi connectivity index (χ1v) is 16.2. The van der Waals surface area contributed by atoms with E-state index in [2.05, 4.69) is 67.9 Å². The highest BCUT2D eigenvalue weighted by molar-refractivity contribution is 5.69. The van der Waals surface area contributed by atoms with E-state index in [9.17, 15) is 4.39 Å². The molecule has 3 N–H and O–H groups in total. The summed E-state index contributed by atoms with van der Waals surface area (Å²) in [5.74, 6) is 2.54. The number of carbonyl (C=O) groups is 1. The number of fused-ring (bicyclic) bond motifs is 1. The number of halogens is 1. The van der Waals surface area contributed by atoms with Crippen molar-refractivity contribution in [3.8, 4) is 22.8 Å². The number of primary amides is 1. The van der Waals surface area contributed by atoms with Crippen molar-refractivity contribution in [2.45, 2.75) is 72.1 Å². The summed E-state index contributed by atoms with van der Waals surface area (Å²) >= 11 is 0. The molecule has 0 saturated carbocycles. The molecule has 45 heavy (non-hydrogen) atoms. The predicted octanol–water partition coefficient (Wildman–Crippen LogP) is 7.13. The first kappa shape index (κ1) is 35.6. The second-order valence-electron chi connectivity index (χ2n) is 11.9. The van der Waals surface area contributed by atoms with Gasteiger partial charge in [-0.2, -0.15) is 0 Å². The highest BCUT2D eigenvalue weighted by Gasteiger charge is 2.26. The van der Waals surface area contributed by atoms with Gasteiger partial charge in [0.1, 0.15) is 29.6 Å². The number of aryl methyl sites for hydroxylation is 1. The summed E-state index contributed by atoms with van der Waals surface area (Å²) in [6.07, 6.45) is 9.07. The maximum atomic E-state index is 13.2. The molecule has 0 radical (unpaired) electrons. The molecule has 1 unspecified atom stereocenters. The molecule has 244 valence electrons. The van der Waals surface area contributed by atoms with E-state index in [0.717, 1.165) is 54.6 Å². The zero-order valence-corrected chi connectivity index (χ0v) is 27.7. The zero-order chi connectivity index (χ0) is 32.6. The summed E-state index contributed by atoms with van der Waals surface area (Å²) in [5, 5.41) is 3.23. The molecule has 7 nitrogen and oxygen atoms in total. The standard InChI is InChI=1S/C19H21FN2O.C17H27NO.CH3NO/c1-3-9-21-10-8-16-11-17-13(2)12-23-19(17)18(22-16)14-4-6-15(20)7-5-14;1-14(2)16-13-15(3)7-8-17(16)19-12-11-18-9-5-4-6-10-18;2-1-3/h3-7,9,11,13,21H,8,10,12H2,1-2H3;7-8,13-14H,4-6,9-12H2,1-3H3;1H,(H2,2,3). The molecular formula is C37H51FN4O3. The van der Waals surface area contributed by atoms with E-state index < -0.39 is 0 Å². The number of allylic oxidation sites excluding steroid dienone is 1. The van der Waals surface area contributed by atoms with Crippen molar-refractivity contribution < 1.29 is 18.7 Å². The Kier molecular flexibility index (Phi) is 14.9. The Morgan fingerprint density at radius 2 is 1.84 bits per heavy atom. The van der Waals surface area contributed by atoms with Crippen molar-refractivity contribution in [3.05, 3.63) is 89.0 Å². The number of aromatic nitrogens is 1. The van der Waals surface area contributed by atoms with Crippen LogP contribution in [-0.4, -0.2) is 55.7 Å². The number of nitrogens with two attached hydrogens (primary N) is 1. The smallest absolute Gasteiger partial charge is 0.204 e. The molecule has 2 aliphatic heterocycles. The fourth-order valence-electron chi connectivity index (χ4n) is 5.48. The van der Waals surface area contributed by atoms with Gasteiger partial charge in [-0.1, -0.05) is 51.0 Å². The number of nitrogens with one attached hydrogen (secondary N) is 1. The van der Waals surface area contributed by atoms with E-state index in [-0.39, 0.29) is 12.2 Å². The molecule has 0 bridgehead atoms. The molecule has 5 rings (SSSR count). The Bertz CT molecular complexity index is 1350. The van der Waals surface area contributed by atoms with Crippen LogP contribution in [0.25, 0.3) is 11.3 Å². The van der Waals surface area contributed by atoms with Crippen LogP contribution in [0.15, 0.2) is 60.8 Å². The molecule has 0 spiro atoms. The van der Waals surface area contributed by atoms with Crippen molar-refractivity contribution in [1.82, 2.24) is 15.2 Å². The number of nitrogens with zero attached hydrogens (tertiary/aromatic N) is 2. The molecule has 1 atom stereocenters. The molecule has 0 aliphatic carbocycles. The molecule has 3 aromatic rings. The van der Waals surface area contributed by atoms with Gasteiger partial charge < -0.3 is 20.5 Å². The number of hydrogen-bond donors (Lipinski definition) is 2. The summed E-state index contributed by atoms with van der Waals surface area (Å²) in [6.45, 7) is 16.6. The van der Waals surface area contributed by atoms with Gasteiger partial charge in [0.2, 0.25) is 6.41 Å². The van der Waals surface area contributed by atoms with E-state index in [1.54, 1.807) is 12.1 Å². The van der Waals surface area contributed by atoms with Crippen molar-refractivity contribution in [1.29, 1.82) is 0 Å². The van der Waals surface area contributed by atoms with Crippen LogP contribution in [0.5, 0.6) is 11.5 Å². The molecule has 1 amide bonds. The predicted molar refractivity (Wildman–Crippen MR) is 181 cm³/mol. The number of amides is 1. The van der Waals surface area contributed by atoms with E-state index in [1.807, 2.05) is 19.2 Å². The van der Waals surface area contributed by atoms with Crippen molar-refractivity contribution in [2.75, 3.05) is 39.4 Å². The minimum atomic E-state index is -0.244. The van der Waals surface area contributed by atoms with Gasteiger partial charge >= 0.3 is 0 Å².